The van der Waals surface area contributed by atoms with Crippen LogP contribution in [0.25, 0.3) is 0 Å². The first kappa shape index (κ1) is 15.6. The molecule has 0 saturated carbocycles. The first-order chi connectivity index (χ1) is 10.0. The molecule has 0 spiro atoms. The molecular formula is C13H17N3O4S. The number of hydrogen-bond donors (Lipinski definition) is 2. The molecular weight excluding hydrogens is 294 g/mol. The molecule has 0 aliphatic carbocycles. The van der Waals surface area contributed by atoms with E-state index in [1.54, 1.807) is 19.1 Å². The number of aliphatic hydroxyl groups is 1. The number of aromatic nitrogens is 2. The van der Waals surface area contributed by atoms with Crippen LogP contribution in [0.5, 0.6) is 0 Å². The van der Waals surface area contributed by atoms with Crippen molar-refractivity contribution in [1.82, 2.24) is 14.9 Å². The lowest BCUT2D eigenvalue weighted by molar-refractivity contribution is 0.299. The van der Waals surface area contributed by atoms with Crippen LogP contribution < -0.4 is 4.72 Å². The maximum atomic E-state index is 12.1. The molecule has 0 radical (unpaired) electrons. The number of hydrogen-bond acceptors (Lipinski definition) is 6. The summed E-state index contributed by atoms with van der Waals surface area (Å²) in [6.45, 7) is 1.92. The molecule has 1 heterocycles. The first-order valence-corrected chi connectivity index (χ1v) is 7.98. The van der Waals surface area contributed by atoms with E-state index < -0.39 is 10.0 Å². The van der Waals surface area contributed by atoms with Crippen LogP contribution in [-0.4, -0.2) is 36.8 Å². The molecule has 0 saturated heterocycles. The monoisotopic (exact) mass is 311 g/mol. The Morgan fingerprint density at radius 3 is 2.52 bits per heavy atom. The topological polar surface area (TPSA) is 105 Å². The average Bonchev–Trinajstić information content (AvgIpc) is 2.85. The van der Waals surface area contributed by atoms with Gasteiger partial charge in [-0.3, -0.25) is 0 Å². The van der Waals surface area contributed by atoms with Crippen molar-refractivity contribution < 1.29 is 18.0 Å². The largest absolute Gasteiger partial charge is 0.396 e. The highest BCUT2D eigenvalue weighted by Gasteiger charge is 2.14. The zero-order valence-electron chi connectivity index (χ0n) is 11.6. The summed E-state index contributed by atoms with van der Waals surface area (Å²) in [5, 5.41) is 12.5. The van der Waals surface area contributed by atoms with Crippen LogP contribution in [0.4, 0.5) is 0 Å². The Morgan fingerprint density at radius 2 is 1.95 bits per heavy atom. The fourth-order valence-electron chi connectivity index (χ4n) is 1.78. The number of aliphatic hydroxyl groups excluding tert-OH is 1. The Kier molecular flexibility index (Phi) is 5.05. The molecule has 1 aromatic heterocycles. The third kappa shape index (κ3) is 4.35. The Balaban J connectivity index is 1.94. The normalized spacial score (nSPS) is 11.7. The van der Waals surface area contributed by atoms with Gasteiger partial charge in [-0.15, -0.1) is 0 Å². The Morgan fingerprint density at radius 1 is 1.24 bits per heavy atom. The SMILES string of the molecule is Cc1noc(CCNS(=O)(=O)c2ccc(CCO)cc2)n1. The fourth-order valence-corrected chi connectivity index (χ4v) is 2.81. The minimum atomic E-state index is -3.56. The number of rotatable bonds is 7. The van der Waals surface area contributed by atoms with Crippen LogP contribution in [0.3, 0.4) is 0 Å². The van der Waals surface area contributed by atoms with Crippen molar-refractivity contribution in [2.75, 3.05) is 13.2 Å². The van der Waals surface area contributed by atoms with Gasteiger partial charge in [-0.25, -0.2) is 13.1 Å². The van der Waals surface area contributed by atoms with Gasteiger partial charge in [0.2, 0.25) is 15.9 Å². The number of sulfonamides is 1. The second kappa shape index (κ2) is 6.79. The molecule has 0 fully saturated rings. The molecule has 0 amide bonds. The van der Waals surface area contributed by atoms with Gasteiger partial charge in [0.05, 0.1) is 4.90 Å². The highest BCUT2D eigenvalue weighted by molar-refractivity contribution is 7.89. The Hall–Kier alpha value is -1.77. The summed E-state index contributed by atoms with van der Waals surface area (Å²) in [7, 11) is -3.56. The smallest absolute Gasteiger partial charge is 0.240 e. The van der Waals surface area contributed by atoms with Gasteiger partial charge in [0.25, 0.3) is 0 Å². The van der Waals surface area contributed by atoms with Gasteiger partial charge in [0, 0.05) is 19.6 Å². The van der Waals surface area contributed by atoms with Crippen LogP contribution in [0.1, 0.15) is 17.3 Å². The van der Waals surface area contributed by atoms with E-state index in [0.29, 0.717) is 24.6 Å². The number of nitrogens with one attached hydrogen (secondary N) is 1. The lowest BCUT2D eigenvalue weighted by Gasteiger charge is -2.06. The van der Waals surface area contributed by atoms with E-state index in [4.69, 9.17) is 9.63 Å². The summed E-state index contributed by atoms with van der Waals surface area (Å²) >= 11 is 0. The second-order valence-corrected chi connectivity index (χ2v) is 6.27. The van der Waals surface area contributed by atoms with Crippen molar-refractivity contribution in [3.05, 3.63) is 41.5 Å². The third-order valence-corrected chi connectivity index (χ3v) is 4.31. The lowest BCUT2D eigenvalue weighted by atomic mass is 10.2. The fraction of sp³-hybridized carbons (Fsp3) is 0.385. The molecule has 2 rings (SSSR count). The summed E-state index contributed by atoms with van der Waals surface area (Å²) < 4.78 is 31.5. The standard InChI is InChI=1S/C13H17N3O4S/c1-10-15-13(20-16-10)6-8-14-21(18,19)12-4-2-11(3-5-12)7-9-17/h2-5,14,17H,6-9H2,1H3. The molecule has 0 aliphatic rings. The molecule has 7 nitrogen and oxygen atoms in total. The molecule has 21 heavy (non-hydrogen) atoms. The minimum absolute atomic E-state index is 0.0357. The summed E-state index contributed by atoms with van der Waals surface area (Å²) in [6.07, 6.45) is 0.840. The second-order valence-electron chi connectivity index (χ2n) is 4.50. The van der Waals surface area contributed by atoms with Gasteiger partial charge in [-0.1, -0.05) is 17.3 Å². The van der Waals surface area contributed by atoms with Crippen molar-refractivity contribution in [2.24, 2.45) is 0 Å². The van der Waals surface area contributed by atoms with Gasteiger partial charge in [-0.05, 0) is 31.0 Å². The summed E-state index contributed by atoms with van der Waals surface area (Å²) in [6, 6.07) is 6.41. The van der Waals surface area contributed by atoms with Crippen molar-refractivity contribution in [2.45, 2.75) is 24.7 Å². The molecule has 114 valence electrons. The molecule has 0 bridgehead atoms. The van der Waals surface area contributed by atoms with Crippen LogP contribution >= 0.6 is 0 Å². The van der Waals surface area contributed by atoms with Crippen LogP contribution in [0, 0.1) is 6.92 Å². The van der Waals surface area contributed by atoms with Gasteiger partial charge in [0.1, 0.15) is 0 Å². The Bertz CT molecular complexity index is 680. The molecule has 2 N–H and O–H groups in total. The summed E-state index contributed by atoms with van der Waals surface area (Å²) in [4.78, 5) is 4.18. The van der Waals surface area contributed by atoms with E-state index in [-0.39, 0.29) is 18.0 Å². The lowest BCUT2D eigenvalue weighted by Crippen LogP contribution is -2.26. The predicted molar refractivity (Wildman–Crippen MR) is 75.2 cm³/mol. The van der Waals surface area contributed by atoms with E-state index in [1.807, 2.05) is 0 Å². The Labute approximate surface area is 123 Å². The minimum Gasteiger partial charge on any atom is -0.396 e. The summed E-state index contributed by atoms with van der Waals surface area (Å²) in [5.41, 5.74) is 0.887. The zero-order chi connectivity index (χ0) is 15.3. The highest BCUT2D eigenvalue weighted by atomic mass is 32.2. The zero-order valence-corrected chi connectivity index (χ0v) is 12.4. The van der Waals surface area contributed by atoms with Crippen molar-refractivity contribution >= 4 is 10.0 Å². The molecule has 0 atom stereocenters. The van der Waals surface area contributed by atoms with Gasteiger partial charge < -0.3 is 9.63 Å². The van der Waals surface area contributed by atoms with Crippen molar-refractivity contribution in [3.63, 3.8) is 0 Å². The van der Waals surface area contributed by atoms with E-state index >= 15 is 0 Å². The van der Waals surface area contributed by atoms with Crippen molar-refractivity contribution in [3.8, 4) is 0 Å². The quantitative estimate of drug-likeness (QED) is 0.768. The maximum Gasteiger partial charge on any atom is 0.240 e. The van der Waals surface area contributed by atoms with Crippen LogP contribution in [0.2, 0.25) is 0 Å². The maximum absolute atomic E-state index is 12.1. The highest BCUT2D eigenvalue weighted by Crippen LogP contribution is 2.11. The number of nitrogens with zero attached hydrogens (tertiary/aromatic N) is 2. The molecule has 2 aromatic rings. The molecule has 1 aromatic carbocycles. The van der Waals surface area contributed by atoms with E-state index in [9.17, 15) is 8.42 Å². The number of benzene rings is 1. The molecule has 8 heteroatoms. The van der Waals surface area contributed by atoms with Crippen LogP contribution in [-0.2, 0) is 22.9 Å². The van der Waals surface area contributed by atoms with Crippen LogP contribution in [0.15, 0.2) is 33.7 Å². The van der Waals surface area contributed by atoms with Crippen molar-refractivity contribution in [1.29, 1.82) is 0 Å². The molecule has 0 aliphatic heterocycles. The van der Waals surface area contributed by atoms with E-state index in [1.165, 1.54) is 12.1 Å². The summed E-state index contributed by atoms with van der Waals surface area (Å²) in [5.74, 6) is 0.917. The van der Waals surface area contributed by atoms with E-state index in [0.717, 1.165) is 5.56 Å². The van der Waals surface area contributed by atoms with Gasteiger partial charge >= 0.3 is 0 Å². The molecule has 0 unspecified atom stereocenters. The van der Waals surface area contributed by atoms with Gasteiger partial charge in [0.15, 0.2) is 5.82 Å². The predicted octanol–water partition coefficient (Wildman–Crippen LogP) is 0.434. The van der Waals surface area contributed by atoms with Gasteiger partial charge in [-0.2, -0.15) is 4.98 Å². The van der Waals surface area contributed by atoms with E-state index in [2.05, 4.69) is 14.9 Å². The number of aryl methyl sites for hydroxylation is 1. The third-order valence-electron chi connectivity index (χ3n) is 2.83. The average molecular weight is 311 g/mol. The first-order valence-electron chi connectivity index (χ1n) is 6.50.